The molecule has 0 aliphatic heterocycles. The van der Waals surface area contributed by atoms with Gasteiger partial charge in [0.2, 0.25) is 0 Å². The molecule has 0 saturated carbocycles. The van der Waals surface area contributed by atoms with Gasteiger partial charge in [0.25, 0.3) is 5.91 Å². The Hall–Kier alpha value is -3.04. The minimum Gasteiger partial charge on any atom is -0.506 e. The predicted octanol–water partition coefficient (Wildman–Crippen LogP) is 3.32. The van der Waals surface area contributed by atoms with E-state index in [0.29, 0.717) is 10.8 Å². The Labute approximate surface area is 172 Å². The molecular weight excluding hydrogens is 418 g/mol. The molecule has 2 aromatic carbocycles. The lowest BCUT2D eigenvalue weighted by Gasteiger charge is -2.09. The molecule has 0 radical (unpaired) electrons. The quantitative estimate of drug-likeness (QED) is 0.551. The van der Waals surface area contributed by atoms with Crippen LogP contribution in [0, 0.1) is 0 Å². The smallest absolute Gasteiger partial charge is 0.276 e. The maximum Gasteiger partial charge on any atom is 0.276 e. The number of carbonyl (C=O) groups is 1. The largest absolute Gasteiger partial charge is 0.506 e. The lowest BCUT2D eigenvalue weighted by atomic mass is 10.3. The molecule has 0 atom stereocenters. The van der Waals surface area contributed by atoms with Crippen LogP contribution >= 0.6 is 11.6 Å². The molecule has 10 heteroatoms. The SMILES string of the molecule is CCS(=O)(=O)c1ccc(O)c(NC(=O)c2ccn(COc3ccccc3Cl)n2)c1. The van der Waals surface area contributed by atoms with E-state index in [1.54, 1.807) is 30.5 Å². The third-order valence-corrected chi connectivity index (χ3v) is 6.06. The van der Waals surface area contributed by atoms with Crippen LogP contribution in [0.25, 0.3) is 0 Å². The Morgan fingerprint density at radius 2 is 2.00 bits per heavy atom. The number of aromatic nitrogens is 2. The van der Waals surface area contributed by atoms with E-state index in [-0.39, 0.29) is 34.5 Å². The summed E-state index contributed by atoms with van der Waals surface area (Å²) >= 11 is 6.02. The number of rotatable bonds is 7. The summed E-state index contributed by atoms with van der Waals surface area (Å²) in [6.45, 7) is 1.55. The van der Waals surface area contributed by atoms with E-state index in [1.165, 1.54) is 35.9 Å². The summed E-state index contributed by atoms with van der Waals surface area (Å²) in [5.41, 5.74) is 0.0438. The summed E-state index contributed by atoms with van der Waals surface area (Å²) in [6, 6.07) is 12.1. The minimum absolute atomic E-state index is 0.00627. The topological polar surface area (TPSA) is 111 Å². The second-order valence-electron chi connectivity index (χ2n) is 5.98. The standard InChI is InChI=1S/C19H18ClN3O5S/c1-2-29(26,27)13-7-8-17(24)16(11-13)21-19(25)15-9-10-23(22-15)12-28-18-6-4-3-5-14(18)20/h3-11,24H,2,12H2,1H3,(H,21,25). The van der Waals surface area contributed by atoms with Crippen molar-refractivity contribution in [2.24, 2.45) is 0 Å². The molecule has 0 aliphatic carbocycles. The number of para-hydroxylation sites is 1. The lowest BCUT2D eigenvalue weighted by molar-refractivity contribution is 0.101. The highest BCUT2D eigenvalue weighted by Gasteiger charge is 2.17. The summed E-state index contributed by atoms with van der Waals surface area (Å²) in [6.07, 6.45) is 1.55. The number of hydrogen-bond acceptors (Lipinski definition) is 6. The number of hydrogen-bond donors (Lipinski definition) is 2. The van der Waals surface area contributed by atoms with Crippen LogP contribution in [-0.4, -0.2) is 35.0 Å². The number of anilines is 1. The fourth-order valence-electron chi connectivity index (χ4n) is 2.41. The zero-order valence-electron chi connectivity index (χ0n) is 15.4. The van der Waals surface area contributed by atoms with E-state index < -0.39 is 15.7 Å². The summed E-state index contributed by atoms with van der Waals surface area (Å²) in [5.74, 6) is -0.478. The van der Waals surface area contributed by atoms with E-state index in [2.05, 4.69) is 10.4 Å². The maximum atomic E-state index is 12.4. The first-order valence-electron chi connectivity index (χ1n) is 8.58. The van der Waals surface area contributed by atoms with Gasteiger partial charge < -0.3 is 15.2 Å². The van der Waals surface area contributed by atoms with Crippen molar-refractivity contribution < 1.29 is 23.1 Å². The first-order chi connectivity index (χ1) is 13.8. The fraction of sp³-hybridized carbons (Fsp3) is 0.158. The Morgan fingerprint density at radius 1 is 1.24 bits per heavy atom. The van der Waals surface area contributed by atoms with Gasteiger partial charge in [0.1, 0.15) is 11.5 Å². The summed E-state index contributed by atoms with van der Waals surface area (Å²) in [4.78, 5) is 12.4. The first-order valence-corrected chi connectivity index (χ1v) is 10.6. The Balaban J connectivity index is 1.71. The highest BCUT2D eigenvalue weighted by molar-refractivity contribution is 7.91. The number of carbonyl (C=O) groups excluding carboxylic acids is 1. The number of phenols is 1. The maximum absolute atomic E-state index is 12.4. The number of amides is 1. The van der Waals surface area contributed by atoms with Crippen molar-refractivity contribution in [3.8, 4) is 11.5 Å². The van der Waals surface area contributed by atoms with Gasteiger partial charge in [-0.1, -0.05) is 30.7 Å². The van der Waals surface area contributed by atoms with Crippen LogP contribution < -0.4 is 10.1 Å². The van der Waals surface area contributed by atoms with E-state index in [1.807, 2.05) is 0 Å². The number of nitrogens with one attached hydrogen (secondary N) is 1. The molecule has 8 nitrogen and oxygen atoms in total. The van der Waals surface area contributed by atoms with E-state index in [4.69, 9.17) is 16.3 Å². The Kier molecular flexibility index (Phi) is 6.09. The van der Waals surface area contributed by atoms with Crippen molar-refractivity contribution in [1.82, 2.24) is 9.78 Å². The molecule has 3 aromatic rings. The zero-order valence-corrected chi connectivity index (χ0v) is 16.9. The molecule has 0 aliphatic rings. The van der Waals surface area contributed by atoms with Crippen molar-refractivity contribution in [2.75, 3.05) is 11.1 Å². The molecule has 0 spiro atoms. The van der Waals surface area contributed by atoms with Crippen molar-refractivity contribution in [3.05, 3.63) is 65.4 Å². The summed E-state index contributed by atoms with van der Waals surface area (Å²) in [5, 5.41) is 17.0. The molecule has 0 saturated heterocycles. The van der Waals surface area contributed by atoms with Crippen molar-refractivity contribution >= 4 is 33.0 Å². The van der Waals surface area contributed by atoms with Gasteiger partial charge in [-0.25, -0.2) is 13.1 Å². The molecule has 152 valence electrons. The summed E-state index contributed by atoms with van der Waals surface area (Å²) < 4.78 is 31.0. The summed E-state index contributed by atoms with van der Waals surface area (Å²) in [7, 11) is -3.48. The number of nitrogens with zero attached hydrogens (tertiary/aromatic N) is 2. The van der Waals surface area contributed by atoms with Gasteiger partial charge >= 0.3 is 0 Å². The van der Waals surface area contributed by atoms with Crippen LogP contribution in [0.15, 0.2) is 59.6 Å². The zero-order chi connectivity index (χ0) is 21.0. The number of phenolic OH excluding ortho intramolecular Hbond substituents is 1. The third-order valence-electron chi connectivity index (χ3n) is 4.02. The number of sulfone groups is 1. The van der Waals surface area contributed by atoms with E-state index in [9.17, 15) is 18.3 Å². The molecule has 1 amide bonds. The van der Waals surface area contributed by atoms with Gasteiger partial charge in [-0.05, 0) is 36.4 Å². The molecule has 0 fully saturated rings. The third kappa shape index (κ3) is 4.87. The van der Waals surface area contributed by atoms with Gasteiger partial charge in [0.05, 0.1) is 21.4 Å². The van der Waals surface area contributed by atoms with Gasteiger partial charge in [-0.3, -0.25) is 4.79 Å². The molecule has 3 rings (SSSR count). The number of halogens is 1. The van der Waals surface area contributed by atoms with Crippen LogP contribution in [0.2, 0.25) is 5.02 Å². The van der Waals surface area contributed by atoms with Gasteiger partial charge in [-0.15, -0.1) is 0 Å². The van der Waals surface area contributed by atoms with Crippen molar-refractivity contribution in [1.29, 1.82) is 0 Å². The highest BCUT2D eigenvalue weighted by atomic mass is 35.5. The fourth-order valence-corrected chi connectivity index (χ4v) is 3.51. The van der Waals surface area contributed by atoms with Crippen LogP contribution in [0.5, 0.6) is 11.5 Å². The molecular formula is C19H18ClN3O5S. The molecule has 29 heavy (non-hydrogen) atoms. The number of ether oxygens (including phenoxy) is 1. The average molecular weight is 436 g/mol. The molecule has 0 unspecified atom stereocenters. The highest BCUT2D eigenvalue weighted by Crippen LogP contribution is 2.27. The second kappa shape index (κ2) is 8.54. The van der Waals surface area contributed by atoms with Crippen LogP contribution in [-0.2, 0) is 16.6 Å². The van der Waals surface area contributed by atoms with E-state index in [0.717, 1.165) is 0 Å². The van der Waals surface area contributed by atoms with Crippen LogP contribution in [0.1, 0.15) is 17.4 Å². The first kappa shape index (κ1) is 20.7. The number of aromatic hydroxyl groups is 1. The van der Waals surface area contributed by atoms with Gasteiger partial charge in [-0.2, -0.15) is 5.10 Å². The molecule has 0 bridgehead atoms. The molecule has 2 N–H and O–H groups in total. The van der Waals surface area contributed by atoms with Crippen LogP contribution in [0.3, 0.4) is 0 Å². The van der Waals surface area contributed by atoms with Crippen LogP contribution in [0.4, 0.5) is 5.69 Å². The van der Waals surface area contributed by atoms with Gasteiger partial charge in [0, 0.05) is 6.20 Å². The van der Waals surface area contributed by atoms with Crippen molar-refractivity contribution in [2.45, 2.75) is 18.6 Å². The molecule has 1 heterocycles. The van der Waals surface area contributed by atoms with E-state index >= 15 is 0 Å². The average Bonchev–Trinajstić information content (AvgIpc) is 3.18. The second-order valence-corrected chi connectivity index (χ2v) is 8.67. The Morgan fingerprint density at radius 3 is 2.72 bits per heavy atom. The lowest BCUT2D eigenvalue weighted by Crippen LogP contribution is -2.15. The van der Waals surface area contributed by atoms with Crippen molar-refractivity contribution in [3.63, 3.8) is 0 Å². The molecule has 1 aromatic heterocycles. The monoisotopic (exact) mass is 435 g/mol. The van der Waals surface area contributed by atoms with Gasteiger partial charge in [0.15, 0.2) is 22.3 Å². The Bertz CT molecular complexity index is 1140. The minimum atomic E-state index is -3.48. The normalized spacial score (nSPS) is 11.2. The number of benzene rings is 2. The predicted molar refractivity (Wildman–Crippen MR) is 108 cm³/mol.